The Balaban J connectivity index is 1.55. The lowest BCUT2D eigenvalue weighted by Crippen LogP contribution is -2.44. The molecule has 0 saturated carbocycles. The molecule has 0 spiro atoms. The van der Waals surface area contributed by atoms with Crippen molar-refractivity contribution >= 4 is 57.4 Å². The summed E-state index contributed by atoms with van der Waals surface area (Å²) in [5.74, 6) is 0. The average molecular weight is 483 g/mol. The molecule has 0 heterocycles. The summed E-state index contributed by atoms with van der Waals surface area (Å²) < 4.78 is 0. The molecule has 0 unspecified atom stereocenters. The van der Waals surface area contributed by atoms with Crippen molar-refractivity contribution in [3.05, 3.63) is 121 Å². The van der Waals surface area contributed by atoms with Crippen LogP contribution < -0.4 is 20.4 Å². The molecule has 0 aromatic heterocycles. The van der Waals surface area contributed by atoms with Crippen molar-refractivity contribution in [2.45, 2.75) is 0 Å². The van der Waals surface area contributed by atoms with Gasteiger partial charge in [0.1, 0.15) is 0 Å². The van der Waals surface area contributed by atoms with Gasteiger partial charge < -0.3 is 20.4 Å². The van der Waals surface area contributed by atoms with Crippen LogP contribution in [0.5, 0.6) is 0 Å². The van der Waals surface area contributed by atoms with Crippen molar-refractivity contribution in [1.29, 1.82) is 0 Å². The van der Waals surface area contributed by atoms with Gasteiger partial charge in [-0.1, -0.05) is 72.8 Å². The second-order valence-electron chi connectivity index (χ2n) is 7.57. The molecular formula is C28H26N4S2. The van der Waals surface area contributed by atoms with Crippen molar-refractivity contribution in [3.8, 4) is 0 Å². The van der Waals surface area contributed by atoms with Crippen molar-refractivity contribution in [1.82, 2.24) is 0 Å². The van der Waals surface area contributed by atoms with E-state index in [0.29, 0.717) is 23.3 Å². The number of hydrogen-bond acceptors (Lipinski definition) is 2. The monoisotopic (exact) mass is 482 g/mol. The van der Waals surface area contributed by atoms with Gasteiger partial charge in [-0.25, -0.2) is 0 Å². The third-order valence-electron chi connectivity index (χ3n) is 5.22. The number of nitrogens with zero attached hydrogens (tertiary/aromatic N) is 2. The van der Waals surface area contributed by atoms with Crippen LogP contribution in [-0.4, -0.2) is 23.3 Å². The van der Waals surface area contributed by atoms with Crippen LogP contribution in [0.1, 0.15) is 0 Å². The molecule has 0 saturated heterocycles. The first-order chi connectivity index (χ1) is 16.7. The van der Waals surface area contributed by atoms with Crippen LogP contribution in [0.25, 0.3) is 0 Å². The average Bonchev–Trinajstić information content (AvgIpc) is 2.89. The van der Waals surface area contributed by atoms with Crippen LogP contribution in [0.2, 0.25) is 0 Å². The fourth-order valence-corrected chi connectivity index (χ4v) is 4.17. The fourth-order valence-electron chi connectivity index (χ4n) is 3.54. The van der Waals surface area contributed by atoms with Crippen molar-refractivity contribution in [2.75, 3.05) is 33.5 Å². The Labute approximate surface area is 211 Å². The molecule has 0 aliphatic carbocycles. The lowest BCUT2D eigenvalue weighted by Gasteiger charge is -2.31. The van der Waals surface area contributed by atoms with Crippen LogP contribution in [0.4, 0.5) is 22.7 Å². The Morgan fingerprint density at radius 3 is 1.09 bits per heavy atom. The van der Waals surface area contributed by atoms with Gasteiger partial charge in [-0.15, -0.1) is 0 Å². The minimum Gasteiger partial charge on any atom is -0.332 e. The molecule has 4 aromatic rings. The first kappa shape index (κ1) is 23.4. The summed E-state index contributed by atoms with van der Waals surface area (Å²) >= 11 is 11.7. The van der Waals surface area contributed by atoms with Gasteiger partial charge in [0.15, 0.2) is 10.2 Å². The topological polar surface area (TPSA) is 30.5 Å². The molecule has 0 fully saturated rings. The normalized spacial score (nSPS) is 10.2. The molecule has 0 aliphatic rings. The number of thiocarbonyl (C=S) groups is 2. The first-order valence-electron chi connectivity index (χ1n) is 11.1. The zero-order valence-corrected chi connectivity index (χ0v) is 20.3. The Hall–Kier alpha value is -3.74. The molecule has 34 heavy (non-hydrogen) atoms. The van der Waals surface area contributed by atoms with Gasteiger partial charge in [0.05, 0.1) is 0 Å². The van der Waals surface area contributed by atoms with Gasteiger partial charge in [-0.2, -0.15) is 0 Å². The summed E-state index contributed by atoms with van der Waals surface area (Å²) in [4.78, 5) is 4.20. The molecule has 2 N–H and O–H groups in total. The maximum atomic E-state index is 5.83. The second-order valence-corrected chi connectivity index (χ2v) is 8.34. The molecule has 4 aromatic carbocycles. The van der Waals surface area contributed by atoms with Gasteiger partial charge in [-0.05, 0) is 73.0 Å². The van der Waals surface area contributed by atoms with Crippen LogP contribution >= 0.6 is 24.4 Å². The third kappa shape index (κ3) is 6.41. The summed E-state index contributed by atoms with van der Waals surface area (Å²) in [7, 11) is 0. The fraction of sp³-hybridized carbons (Fsp3) is 0.0714. The maximum Gasteiger partial charge on any atom is 0.178 e. The molecule has 0 radical (unpaired) electrons. The molecular weight excluding hydrogens is 456 g/mol. The van der Waals surface area contributed by atoms with Gasteiger partial charge >= 0.3 is 0 Å². The van der Waals surface area contributed by atoms with E-state index >= 15 is 0 Å². The number of nitrogens with one attached hydrogen (secondary N) is 2. The largest absolute Gasteiger partial charge is 0.332 e. The number of para-hydroxylation sites is 4. The van der Waals surface area contributed by atoms with E-state index in [0.717, 1.165) is 22.7 Å². The van der Waals surface area contributed by atoms with E-state index in [1.165, 1.54) is 0 Å². The van der Waals surface area contributed by atoms with Crippen LogP contribution in [0.3, 0.4) is 0 Å². The van der Waals surface area contributed by atoms with Crippen LogP contribution in [0, 0.1) is 0 Å². The van der Waals surface area contributed by atoms with Gasteiger partial charge in [0.25, 0.3) is 0 Å². The molecule has 0 atom stereocenters. The standard InChI is InChI=1S/C28H26N4S2/c33-27(29-23-13-5-1-6-14-23)31(25-17-9-3-10-18-25)21-22-32(26-19-11-4-12-20-26)28(34)30-24-15-7-2-8-16-24/h1-20H,21-22H2,(H,29,33)(H,30,34). The number of hydrogen-bond donors (Lipinski definition) is 2. The van der Waals surface area contributed by atoms with Gasteiger partial charge in [-0.3, -0.25) is 0 Å². The smallest absolute Gasteiger partial charge is 0.178 e. The minimum atomic E-state index is 0.632. The summed E-state index contributed by atoms with van der Waals surface area (Å²) in [5.41, 5.74) is 3.95. The second kappa shape index (κ2) is 11.9. The Bertz CT molecular complexity index is 1090. The Morgan fingerprint density at radius 2 is 0.765 bits per heavy atom. The van der Waals surface area contributed by atoms with E-state index in [1.807, 2.05) is 97.1 Å². The van der Waals surface area contributed by atoms with E-state index < -0.39 is 0 Å². The molecule has 0 aliphatic heterocycles. The van der Waals surface area contributed by atoms with Gasteiger partial charge in [0.2, 0.25) is 0 Å². The maximum absolute atomic E-state index is 5.83. The van der Waals surface area contributed by atoms with Crippen molar-refractivity contribution in [3.63, 3.8) is 0 Å². The SMILES string of the molecule is S=C(Nc1ccccc1)N(CCN(C(=S)Nc1ccccc1)c1ccccc1)c1ccccc1. The zero-order valence-electron chi connectivity index (χ0n) is 18.7. The van der Waals surface area contributed by atoms with E-state index in [2.05, 4.69) is 44.7 Å². The Morgan fingerprint density at radius 1 is 0.471 bits per heavy atom. The lowest BCUT2D eigenvalue weighted by molar-refractivity contribution is 0.923. The number of rotatable bonds is 7. The van der Waals surface area contributed by atoms with E-state index in [-0.39, 0.29) is 0 Å². The number of benzene rings is 4. The predicted octanol–water partition coefficient (Wildman–Crippen LogP) is 6.79. The molecule has 4 rings (SSSR count). The highest BCUT2D eigenvalue weighted by atomic mass is 32.1. The van der Waals surface area contributed by atoms with Gasteiger partial charge in [0, 0.05) is 35.8 Å². The summed E-state index contributed by atoms with van der Waals surface area (Å²) in [6.07, 6.45) is 0. The van der Waals surface area contributed by atoms with E-state index in [9.17, 15) is 0 Å². The molecule has 0 bridgehead atoms. The van der Waals surface area contributed by atoms with Crippen molar-refractivity contribution < 1.29 is 0 Å². The zero-order chi connectivity index (χ0) is 23.6. The summed E-state index contributed by atoms with van der Waals surface area (Å²) in [5, 5.41) is 7.99. The van der Waals surface area contributed by atoms with Crippen LogP contribution in [-0.2, 0) is 0 Å². The van der Waals surface area contributed by atoms with Crippen LogP contribution in [0.15, 0.2) is 121 Å². The van der Waals surface area contributed by atoms with Crippen molar-refractivity contribution in [2.24, 2.45) is 0 Å². The quantitative estimate of drug-likeness (QED) is 0.282. The van der Waals surface area contributed by atoms with E-state index in [1.54, 1.807) is 0 Å². The molecule has 6 heteroatoms. The number of anilines is 4. The molecule has 4 nitrogen and oxygen atoms in total. The highest BCUT2D eigenvalue weighted by Gasteiger charge is 2.17. The summed E-state index contributed by atoms with van der Waals surface area (Å²) in [6.45, 7) is 1.27. The highest BCUT2D eigenvalue weighted by molar-refractivity contribution is 7.81. The van der Waals surface area contributed by atoms with E-state index in [4.69, 9.17) is 24.4 Å². The third-order valence-corrected chi connectivity index (χ3v) is 5.87. The predicted molar refractivity (Wildman–Crippen MR) is 153 cm³/mol. The molecule has 170 valence electrons. The molecule has 0 amide bonds. The first-order valence-corrected chi connectivity index (χ1v) is 11.9. The lowest BCUT2D eigenvalue weighted by atomic mass is 10.2. The Kier molecular flexibility index (Phi) is 8.22. The minimum absolute atomic E-state index is 0.632. The highest BCUT2D eigenvalue weighted by Crippen LogP contribution is 2.19. The summed E-state index contributed by atoms with van der Waals surface area (Å²) in [6, 6.07) is 40.3.